The molecule has 1 aromatic carbocycles. The van der Waals surface area contributed by atoms with Crippen molar-refractivity contribution in [2.24, 2.45) is 0 Å². The normalized spacial score (nSPS) is 20.2. The SMILES string of the molecule is CCC1CCCCN1c1ccc(CNC)c(Br)c1. The summed E-state index contributed by atoms with van der Waals surface area (Å²) >= 11 is 3.69. The molecule has 1 aromatic rings. The number of piperidine rings is 1. The smallest absolute Gasteiger partial charge is 0.0380 e. The molecule has 3 heteroatoms. The van der Waals surface area contributed by atoms with Crippen LogP contribution in [0.2, 0.25) is 0 Å². The predicted octanol–water partition coefficient (Wildman–Crippen LogP) is 3.94. The van der Waals surface area contributed by atoms with Crippen molar-refractivity contribution >= 4 is 21.6 Å². The van der Waals surface area contributed by atoms with Gasteiger partial charge < -0.3 is 10.2 Å². The molecule has 0 spiro atoms. The highest BCUT2D eigenvalue weighted by Gasteiger charge is 2.21. The lowest BCUT2D eigenvalue weighted by Crippen LogP contribution is -2.39. The predicted molar refractivity (Wildman–Crippen MR) is 82.2 cm³/mol. The molecule has 1 unspecified atom stereocenters. The van der Waals surface area contributed by atoms with Gasteiger partial charge in [0.25, 0.3) is 0 Å². The second-order valence-corrected chi connectivity index (χ2v) is 5.91. The number of rotatable bonds is 4. The van der Waals surface area contributed by atoms with Crippen molar-refractivity contribution in [3.63, 3.8) is 0 Å². The highest BCUT2D eigenvalue weighted by molar-refractivity contribution is 9.10. The minimum absolute atomic E-state index is 0.723. The molecule has 1 N–H and O–H groups in total. The fourth-order valence-electron chi connectivity index (χ4n) is 2.81. The Morgan fingerprint density at radius 1 is 1.39 bits per heavy atom. The third kappa shape index (κ3) is 3.07. The van der Waals surface area contributed by atoms with Crippen LogP contribution in [-0.2, 0) is 6.54 Å². The van der Waals surface area contributed by atoms with Crippen LogP contribution in [0, 0.1) is 0 Å². The Morgan fingerprint density at radius 3 is 2.89 bits per heavy atom. The van der Waals surface area contributed by atoms with E-state index in [0.717, 1.165) is 12.6 Å². The molecule has 0 radical (unpaired) electrons. The van der Waals surface area contributed by atoms with Crippen LogP contribution in [0.4, 0.5) is 5.69 Å². The molecule has 1 aliphatic rings. The van der Waals surface area contributed by atoms with Gasteiger partial charge in [0, 0.05) is 29.3 Å². The summed E-state index contributed by atoms with van der Waals surface area (Å²) in [7, 11) is 1.98. The minimum Gasteiger partial charge on any atom is -0.369 e. The minimum atomic E-state index is 0.723. The number of nitrogens with zero attached hydrogens (tertiary/aromatic N) is 1. The largest absolute Gasteiger partial charge is 0.369 e. The molecule has 0 bridgehead atoms. The molecular formula is C15H23BrN2. The van der Waals surface area contributed by atoms with Crippen molar-refractivity contribution in [1.29, 1.82) is 0 Å². The van der Waals surface area contributed by atoms with Gasteiger partial charge in [-0.25, -0.2) is 0 Å². The van der Waals surface area contributed by atoms with E-state index in [4.69, 9.17) is 0 Å². The molecule has 1 saturated heterocycles. The Bertz CT molecular complexity index is 392. The van der Waals surface area contributed by atoms with Gasteiger partial charge >= 0.3 is 0 Å². The Hall–Kier alpha value is -0.540. The lowest BCUT2D eigenvalue weighted by Gasteiger charge is -2.37. The molecular weight excluding hydrogens is 288 g/mol. The lowest BCUT2D eigenvalue weighted by atomic mass is 9.99. The molecule has 18 heavy (non-hydrogen) atoms. The fourth-order valence-corrected chi connectivity index (χ4v) is 3.32. The second kappa shape index (κ2) is 6.58. The maximum Gasteiger partial charge on any atom is 0.0380 e. The molecule has 1 fully saturated rings. The lowest BCUT2D eigenvalue weighted by molar-refractivity contribution is 0.450. The number of anilines is 1. The van der Waals surface area contributed by atoms with Crippen LogP contribution in [0.3, 0.4) is 0 Å². The Balaban J connectivity index is 2.19. The van der Waals surface area contributed by atoms with Gasteiger partial charge in [0.2, 0.25) is 0 Å². The second-order valence-electron chi connectivity index (χ2n) is 5.06. The van der Waals surface area contributed by atoms with E-state index in [2.05, 4.69) is 51.3 Å². The standard InChI is InChI=1S/C15H23BrN2/c1-3-13-6-4-5-9-18(13)14-8-7-12(11-17-2)15(16)10-14/h7-8,10,13,17H,3-6,9,11H2,1-2H3. The summed E-state index contributed by atoms with van der Waals surface area (Å²) in [6, 6.07) is 7.50. The molecule has 2 rings (SSSR count). The van der Waals surface area contributed by atoms with Crippen LogP contribution in [0.1, 0.15) is 38.2 Å². The van der Waals surface area contributed by atoms with Gasteiger partial charge in [0.05, 0.1) is 0 Å². The van der Waals surface area contributed by atoms with E-state index >= 15 is 0 Å². The Morgan fingerprint density at radius 2 is 2.22 bits per heavy atom. The monoisotopic (exact) mass is 310 g/mol. The summed E-state index contributed by atoms with van der Waals surface area (Å²) < 4.78 is 1.22. The van der Waals surface area contributed by atoms with Crippen molar-refractivity contribution in [3.8, 4) is 0 Å². The maximum atomic E-state index is 3.69. The van der Waals surface area contributed by atoms with Crippen molar-refractivity contribution in [2.75, 3.05) is 18.5 Å². The average molecular weight is 311 g/mol. The van der Waals surface area contributed by atoms with Crippen LogP contribution >= 0.6 is 15.9 Å². The molecule has 0 aliphatic carbocycles. The molecule has 0 amide bonds. The molecule has 1 heterocycles. The topological polar surface area (TPSA) is 15.3 Å². The highest BCUT2D eigenvalue weighted by Crippen LogP contribution is 2.30. The van der Waals surface area contributed by atoms with Crippen LogP contribution in [-0.4, -0.2) is 19.6 Å². The summed E-state index contributed by atoms with van der Waals surface area (Å²) in [4.78, 5) is 2.58. The van der Waals surface area contributed by atoms with E-state index in [1.165, 1.54) is 48.0 Å². The summed E-state index contributed by atoms with van der Waals surface area (Å²) in [5.74, 6) is 0. The van der Waals surface area contributed by atoms with E-state index in [0.29, 0.717) is 0 Å². The van der Waals surface area contributed by atoms with Crippen molar-refractivity contribution in [2.45, 2.75) is 45.2 Å². The van der Waals surface area contributed by atoms with E-state index in [1.807, 2.05) is 7.05 Å². The maximum absolute atomic E-state index is 3.69. The van der Waals surface area contributed by atoms with E-state index in [-0.39, 0.29) is 0 Å². The average Bonchev–Trinajstić information content (AvgIpc) is 2.41. The van der Waals surface area contributed by atoms with Gasteiger partial charge in [-0.3, -0.25) is 0 Å². The zero-order valence-electron chi connectivity index (χ0n) is 11.4. The van der Waals surface area contributed by atoms with Crippen LogP contribution in [0.25, 0.3) is 0 Å². The fraction of sp³-hybridized carbons (Fsp3) is 0.600. The number of halogens is 1. The van der Waals surface area contributed by atoms with Gasteiger partial charge in [0.15, 0.2) is 0 Å². The number of nitrogens with one attached hydrogen (secondary N) is 1. The summed E-state index contributed by atoms with van der Waals surface area (Å²) in [5.41, 5.74) is 2.69. The Kier molecular flexibility index (Phi) is 5.07. The quantitative estimate of drug-likeness (QED) is 0.906. The van der Waals surface area contributed by atoms with Gasteiger partial charge in [0.1, 0.15) is 0 Å². The number of hydrogen-bond acceptors (Lipinski definition) is 2. The van der Waals surface area contributed by atoms with E-state index < -0.39 is 0 Å². The first-order chi connectivity index (χ1) is 8.76. The first-order valence-corrected chi connectivity index (χ1v) is 7.75. The molecule has 2 nitrogen and oxygen atoms in total. The zero-order chi connectivity index (χ0) is 13.0. The summed E-state index contributed by atoms with van der Waals surface area (Å²) in [5, 5.41) is 3.20. The first-order valence-electron chi connectivity index (χ1n) is 6.96. The van der Waals surface area contributed by atoms with Crippen molar-refractivity contribution < 1.29 is 0 Å². The summed E-state index contributed by atoms with van der Waals surface area (Å²) in [6.07, 6.45) is 5.29. The van der Waals surface area contributed by atoms with Crippen LogP contribution < -0.4 is 10.2 Å². The van der Waals surface area contributed by atoms with Gasteiger partial charge in [-0.15, -0.1) is 0 Å². The van der Waals surface area contributed by atoms with Crippen molar-refractivity contribution in [3.05, 3.63) is 28.2 Å². The van der Waals surface area contributed by atoms with Gasteiger partial charge in [-0.05, 0) is 50.4 Å². The molecule has 100 valence electrons. The third-order valence-corrected chi connectivity index (χ3v) is 4.57. The van der Waals surface area contributed by atoms with E-state index in [9.17, 15) is 0 Å². The summed E-state index contributed by atoms with van der Waals surface area (Å²) in [6.45, 7) is 4.42. The molecule has 0 aromatic heterocycles. The van der Waals surface area contributed by atoms with Crippen molar-refractivity contribution in [1.82, 2.24) is 5.32 Å². The molecule has 0 saturated carbocycles. The molecule has 1 atom stereocenters. The Labute approximate surface area is 119 Å². The zero-order valence-corrected chi connectivity index (χ0v) is 13.0. The number of benzene rings is 1. The van der Waals surface area contributed by atoms with E-state index in [1.54, 1.807) is 0 Å². The number of hydrogen-bond donors (Lipinski definition) is 1. The van der Waals surface area contributed by atoms with Gasteiger partial charge in [-0.2, -0.15) is 0 Å². The van der Waals surface area contributed by atoms with Crippen LogP contribution in [0.5, 0.6) is 0 Å². The van der Waals surface area contributed by atoms with Crippen LogP contribution in [0.15, 0.2) is 22.7 Å². The molecule has 1 aliphatic heterocycles. The third-order valence-electron chi connectivity index (χ3n) is 3.83. The highest BCUT2D eigenvalue weighted by atomic mass is 79.9. The first kappa shape index (κ1) is 13.9. The van der Waals surface area contributed by atoms with Gasteiger partial charge in [-0.1, -0.05) is 28.9 Å².